The molecule has 0 radical (unpaired) electrons. The highest BCUT2D eigenvalue weighted by molar-refractivity contribution is 5.84. The summed E-state index contributed by atoms with van der Waals surface area (Å²) in [6.45, 7) is 3.33. The molecule has 1 saturated heterocycles. The largest absolute Gasteiger partial charge is 0.338 e. The normalized spacial score (nSPS) is 31.2. The van der Waals surface area contributed by atoms with E-state index in [0.717, 1.165) is 38.1 Å². The van der Waals surface area contributed by atoms with E-state index in [-0.39, 0.29) is 24.5 Å². The molecule has 3 atom stereocenters. The Morgan fingerprint density at radius 3 is 2.58 bits per heavy atom. The Hall–Kier alpha value is -1.26. The van der Waals surface area contributed by atoms with Crippen molar-refractivity contribution in [2.75, 3.05) is 13.1 Å². The van der Waals surface area contributed by atoms with Crippen molar-refractivity contribution in [1.29, 1.82) is 0 Å². The van der Waals surface area contributed by atoms with Gasteiger partial charge in [0.25, 0.3) is 0 Å². The molecule has 0 aromatic carbocycles. The Morgan fingerprint density at radius 2 is 1.79 bits per heavy atom. The maximum Gasteiger partial charge on any atom is 0.315 e. The van der Waals surface area contributed by atoms with E-state index in [0.29, 0.717) is 12.0 Å². The van der Waals surface area contributed by atoms with Crippen LogP contribution in [0.5, 0.6) is 0 Å². The van der Waals surface area contributed by atoms with Gasteiger partial charge in [0, 0.05) is 18.6 Å². The molecule has 1 aliphatic heterocycles. The number of fused-ring (bicyclic) bond motifs is 1. The van der Waals surface area contributed by atoms with E-state index in [2.05, 4.69) is 22.5 Å². The lowest BCUT2D eigenvalue weighted by molar-refractivity contribution is -0.136. The molecule has 3 fully saturated rings. The molecule has 2 aliphatic carbocycles. The first kappa shape index (κ1) is 17.6. The lowest BCUT2D eigenvalue weighted by Crippen LogP contribution is -2.54. The van der Waals surface area contributed by atoms with Gasteiger partial charge in [-0.2, -0.15) is 0 Å². The summed E-state index contributed by atoms with van der Waals surface area (Å²) < 4.78 is 0. The van der Waals surface area contributed by atoms with Gasteiger partial charge in [0.2, 0.25) is 5.91 Å². The van der Waals surface area contributed by atoms with Crippen LogP contribution in [0.4, 0.5) is 4.79 Å². The molecule has 0 spiro atoms. The summed E-state index contributed by atoms with van der Waals surface area (Å²) in [5, 5.41) is 5.81. The first-order valence-corrected chi connectivity index (χ1v) is 9.97. The summed E-state index contributed by atoms with van der Waals surface area (Å²) in [6, 6.07) is 0.514. The number of piperidine rings is 1. The van der Waals surface area contributed by atoms with Gasteiger partial charge in [0.15, 0.2) is 0 Å². The molecule has 3 rings (SSSR count). The minimum Gasteiger partial charge on any atom is -0.338 e. The van der Waals surface area contributed by atoms with Crippen LogP contribution in [-0.2, 0) is 4.79 Å². The molecular formula is C19H33N3O2. The van der Waals surface area contributed by atoms with Gasteiger partial charge >= 0.3 is 6.03 Å². The molecule has 0 aromatic rings. The van der Waals surface area contributed by atoms with Gasteiger partial charge in [-0.3, -0.25) is 4.79 Å². The molecule has 0 aromatic heterocycles. The van der Waals surface area contributed by atoms with Gasteiger partial charge in [-0.1, -0.05) is 26.2 Å². The van der Waals surface area contributed by atoms with E-state index in [4.69, 9.17) is 0 Å². The highest BCUT2D eigenvalue weighted by Crippen LogP contribution is 2.37. The summed E-state index contributed by atoms with van der Waals surface area (Å²) >= 11 is 0. The molecule has 24 heavy (non-hydrogen) atoms. The van der Waals surface area contributed by atoms with Crippen molar-refractivity contribution < 1.29 is 9.59 Å². The van der Waals surface area contributed by atoms with Crippen molar-refractivity contribution >= 4 is 11.9 Å². The maximum atomic E-state index is 12.6. The molecule has 3 amide bonds. The van der Waals surface area contributed by atoms with E-state index >= 15 is 0 Å². The topological polar surface area (TPSA) is 61.4 Å². The fraction of sp³-hybridized carbons (Fsp3) is 0.895. The second-order valence-corrected chi connectivity index (χ2v) is 8.14. The fourth-order valence-corrected chi connectivity index (χ4v) is 4.94. The highest BCUT2D eigenvalue weighted by atomic mass is 16.2. The third-order valence-corrected chi connectivity index (χ3v) is 6.24. The van der Waals surface area contributed by atoms with Crippen LogP contribution in [-0.4, -0.2) is 42.0 Å². The zero-order chi connectivity index (χ0) is 16.9. The van der Waals surface area contributed by atoms with Gasteiger partial charge < -0.3 is 15.5 Å². The van der Waals surface area contributed by atoms with Gasteiger partial charge in [-0.15, -0.1) is 0 Å². The molecule has 3 aliphatic rings. The van der Waals surface area contributed by atoms with Crippen LogP contribution in [0.2, 0.25) is 0 Å². The number of carbonyl (C=O) groups is 2. The lowest BCUT2D eigenvalue weighted by Gasteiger charge is -2.45. The van der Waals surface area contributed by atoms with Gasteiger partial charge in [-0.25, -0.2) is 4.79 Å². The summed E-state index contributed by atoms with van der Waals surface area (Å²) in [5.41, 5.74) is 0. The van der Waals surface area contributed by atoms with Crippen LogP contribution >= 0.6 is 0 Å². The van der Waals surface area contributed by atoms with Crippen LogP contribution in [0, 0.1) is 11.8 Å². The van der Waals surface area contributed by atoms with E-state index in [1.807, 2.05) is 0 Å². The quantitative estimate of drug-likeness (QED) is 0.833. The van der Waals surface area contributed by atoms with Crippen molar-refractivity contribution in [2.24, 2.45) is 11.8 Å². The van der Waals surface area contributed by atoms with Crippen LogP contribution < -0.4 is 10.6 Å². The third kappa shape index (κ3) is 4.42. The number of likely N-dealkylation sites (tertiary alicyclic amines) is 1. The van der Waals surface area contributed by atoms with Crippen LogP contribution in [0.25, 0.3) is 0 Å². The summed E-state index contributed by atoms with van der Waals surface area (Å²) in [6.07, 6.45) is 11.8. The smallest absolute Gasteiger partial charge is 0.315 e. The number of hydrogen-bond acceptors (Lipinski definition) is 2. The minimum atomic E-state index is -0.180. The monoisotopic (exact) mass is 335 g/mol. The molecule has 5 nitrogen and oxygen atoms in total. The van der Waals surface area contributed by atoms with Crippen molar-refractivity contribution in [3.8, 4) is 0 Å². The van der Waals surface area contributed by atoms with E-state index in [1.54, 1.807) is 0 Å². The van der Waals surface area contributed by atoms with Crippen LogP contribution in [0.3, 0.4) is 0 Å². The number of nitrogens with zero attached hydrogens (tertiary/aromatic N) is 1. The van der Waals surface area contributed by atoms with E-state index in [1.165, 1.54) is 38.5 Å². The van der Waals surface area contributed by atoms with E-state index < -0.39 is 0 Å². The molecule has 2 saturated carbocycles. The van der Waals surface area contributed by atoms with Crippen molar-refractivity contribution in [1.82, 2.24) is 15.5 Å². The molecule has 5 heteroatoms. The molecule has 1 heterocycles. The maximum absolute atomic E-state index is 12.6. The average Bonchev–Trinajstić information content (AvgIpc) is 2.59. The third-order valence-electron chi connectivity index (χ3n) is 6.24. The Balaban J connectivity index is 1.44. The first-order valence-electron chi connectivity index (χ1n) is 9.97. The molecule has 2 N–H and O–H groups in total. The number of nitrogens with one attached hydrogen (secondary N) is 2. The minimum absolute atomic E-state index is 0.0954. The number of carbonyl (C=O) groups excluding carboxylic acids is 2. The van der Waals surface area contributed by atoms with Gasteiger partial charge in [0.05, 0.1) is 6.54 Å². The number of hydrogen-bond donors (Lipinski definition) is 2. The van der Waals surface area contributed by atoms with Gasteiger partial charge in [-0.05, 0) is 56.8 Å². The standard InChI is InChI=1S/C19H33N3O2/c1-14-9-10-17-15(12-14)6-5-11-22(17)18(23)13-20-19(24)21-16-7-3-2-4-8-16/h14-17H,2-13H2,1H3,(H2,20,21,24)/t14-,15+,17-/m1/s1. The molecule has 0 bridgehead atoms. The van der Waals surface area contributed by atoms with Crippen molar-refractivity contribution in [3.63, 3.8) is 0 Å². The number of amides is 3. The Labute approximate surface area is 145 Å². The Morgan fingerprint density at radius 1 is 1.00 bits per heavy atom. The lowest BCUT2D eigenvalue weighted by atomic mass is 9.74. The number of urea groups is 1. The molecule has 136 valence electrons. The van der Waals surface area contributed by atoms with E-state index in [9.17, 15) is 9.59 Å². The first-order chi connectivity index (χ1) is 11.6. The second kappa shape index (κ2) is 8.21. The summed E-state index contributed by atoms with van der Waals surface area (Å²) in [5.74, 6) is 1.56. The fourth-order valence-electron chi connectivity index (χ4n) is 4.94. The predicted octanol–water partition coefficient (Wildman–Crippen LogP) is 3.05. The summed E-state index contributed by atoms with van der Waals surface area (Å²) in [4.78, 5) is 26.7. The van der Waals surface area contributed by atoms with Crippen LogP contribution in [0.1, 0.15) is 71.1 Å². The Kier molecular flexibility index (Phi) is 6.01. The average molecular weight is 335 g/mol. The zero-order valence-electron chi connectivity index (χ0n) is 15.1. The molecule has 0 unspecified atom stereocenters. The summed E-state index contributed by atoms with van der Waals surface area (Å²) in [7, 11) is 0. The number of rotatable bonds is 3. The second-order valence-electron chi connectivity index (χ2n) is 8.14. The zero-order valence-corrected chi connectivity index (χ0v) is 15.1. The highest BCUT2D eigenvalue weighted by Gasteiger charge is 2.37. The van der Waals surface area contributed by atoms with Gasteiger partial charge in [0.1, 0.15) is 0 Å². The van der Waals surface area contributed by atoms with Crippen molar-refractivity contribution in [3.05, 3.63) is 0 Å². The van der Waals surface area contributed by atoms with Crippen LogP contribution in [0.15, 0.2) is 0 Å². The Bertz CT molecular complexity index is 448. The molecular weight excluding hydrogens is 302 g/mol. The van der Waals surface area contributed by atoms with Crippen molar-refractivity contribution in [2.45, 2.75) is 83.2 Å². The predicted molar refractivity (Wildman–Crippen MR) is 94.6 cm³/mol. The SMILES string of the molecule is C[C@@H]1CC[C@@H]2[C@@H](CCCN2C(=O)CNC(=O)NC2CCCCC2)C1.